The standard InChI is InChI=1S/C15H19N3O4/c1-16-13(20)11-6-5-10(9-17-11)12(19)18-15(14(21)22)7-3-2-4-8-15/h5-6,9H,2-4,7-8H2,1H3,(H,16,20)(H,18,19)(H,21,22). The van der Waals surface area contributed by atoms with E-state index in [9.17, 15) is 19.5 Å². The smallest absolute Gasteiger partial charge is 0.329 e. The van der Waals surface area contributed by atoms with E-state index >= 15 is 0 Å². The lowest BCUT2D eigenvalue weighted by Gasteiger charge is -2.33. The number of nitrogens with one attached hydrogen (secondary N) is 2. The molecule has 1 heterocycles. The van der Waals surface area contributed by atoms with Crippen LogP contribution in [0.5, 0.6) is 0 Å². The molecule has 1 aliphatic carbocycles. The summed E-state index contributed by atoms with van der Waals surface area (Å²) in [5, 5.41) is 14.5. The molecule has 118 valence electrons. The maximum Gasteiger partial charge on any atom is 0.329 e. The summed E-state index contributed by atoms with van der Waals surface area (Å²) < 4.78 is 0. The highest BCUT2D eigenvalue weighted by Crippen LogP contribution is 2.28. The summed E-state index contributed by atoms with van der Waals surface area (Å²) in [5.41, 5.74) is -0.766. The zero-order valence-corrected chi connectivity index (χ0v) is 12.4. The van der Waals surface area contributed by atoms with Crippen molar-refractivity contribution in [3.63, 3.8) is 0 Å². The lowest BCUT2D eigenvalue weighted by Crippen LogP contribution is -2.55. The van der Waals surface area contributed by atoms with E-state index in [4.69, 9.17) is 0 Å². The van der Waals surface area contributed by atoms with Crippen molar-refractivity contribution in [2.45, 2.75) is 37.6 Å². The van der Waals surface area contributed by atoms with E-state index in [1.165, 1.54) is 25.4 Å². The van der Waals surface area contributed by atoms with Gasteiger partial charge in [-0.2, -0.15) is 0 Å². The minimum absolute atomic E-state index is 0.199. The zero-order chi connectivity index (χ0) is 16.2. The van der Waals surface area contributed by atoms with E-state index in [-0.39, 0.29) is 17.2 Å². The Kier molecular flexibility index (Phi) is 4.75. The van der Waals surface area contributed by atoms with Crippen LogP contribution in [0.2, 0.25) is 0 Å². The van der Waals surface area contributed by atoms with Crippen molar-refractivity contribution in [1.82, 2.24) is 15.6 Å². The van der Waals surface area contributed by atoms with Crippen LogP contribution < -0.4 is 10.6 Å². The van der Waals surface area contributed by atoms with Crippen molar-refractivity contribution in [1.29, 1.82) is 0 Å². The lowest BCUT2D eigenvalue weighted by molar-refractivity contribution is -0.145. The molecule has 0 spiro atoms. The molecule has 1 saturated carbocycles. The molecule has 7 heteroatoms. The molecule has 1 fully saturated rings. The second-order valence-electron chi connectivity index (χ2n) is 5.41. The van der Waals surface area contributed by atoms with Gasteiger partial charge in [-0.25, -0.2) is 4.79 Å². The number of carboxylic acids is 1. The van der Waals surface area contributed by atoms with E-state index in [0.29, 0.717) is 12.8 Å². The lowest BCUT2D eigenvalue weighted by atomic mass is 9.81. The highest BCUT2D eigenvalue weighted by atomic mass is 16.4. The number of carbonyl (C=O) groups is 3. The molecular weight excluding hydrogens is 286 g/mol. The summed E-state index contributed by atoms with van der Waals surface area (Å²) in [6.07, 6.45) is 4.67. The normalized spacial score (nSPS) is 16.6. The summed E-state index contributed by atoms with van der Waals surface area (Å²) in [5.74, 6) is -1.84. The van der Waals surface area contributed by atoms with Gasteiger partial charge in [-0.3, -0.25) is 14.6 Å². The quantitative estimate of drug-likeness (QED) is 0.767. The maximum absolute atomic E-state index is 12.3. The van der Waals surface area contributed by atoms with E-state index in [0.717, 1.165) is 19.3 Å². The van der Waals surface area contributed by atoms with Gasteiger partial charge in [-0.05, 0) is 25.0 Å². The number of carbonyl (C=O) groups excluding carboxylic acids is 2. The molecule has 7 nitrogen and oxygen atoms in total. The second-order valence-corrected chi connectivity index (χ2v) is 5.41. The Balaban J connectivity index is 2.13. The summed E-state index contributed by atoms with van der Waals surface area (Å²) >= 11 is 0. The van der Waals surface area contributed by atoms with Gasteiger partial charge >= 0.3 is 5.97 Å². The van der Waals surface area contributed by atoms with Gasteiger partial charge < -0.3 is 15.7 Å². The molecule has 2 rings (SSSR count). The average molecular weight is 305 g/mol. The number of amides is 2. The van der Waals surface area contributed by atoms with E-state index in [1.54, 1.807) is 0 Å². The van der Waals surface area contributed by atoms with Gasteiger partial charge in [-0.1, -0.05) is 19.3 Å². The third-order valence-corrected chi connectivity index (χ3v) is 3.95. The molecule has 1 aromatic rings. The van der Waals surface area contributed by atoms with Crippen LogP contribution in [0.4, 0.5) is 0 Å². The first-order chi connectivity index (χ1) is 10.5. The monoisotopic (exact) mass is 305 g/mol. The Morgan fingerprint density at radius 3 is 2.32 bits per heavy atom. The van der Waals surface area contributed by atoms with Crippen molar-refractivity contribution in [2.24, 2.45) is 0 Å². The van der Waals surface area contributed by atoms with Gasteiger partial charge in [0.15, 0.2) is 0 Å². The molecule has 0 bridgehead atoms. The maximum atomic E-state index is 12.3. The fourth-order valence-electron chi connectivity index (χ4n) is 2.63. The molecule has 0 atom stereocenters. The molecule has 0 aromatic carbocycles. The highest BCUT2D eigenvalue weighted by molar-refractivity contribution is 5.98. The highest BCUT2D eigenvalue weighted by Gasteiger charge is 2.41. The number of hydrogen-bond donors (Lipinski definition) is 3. The van der Waals surface area contributed by atoms with Crippen molar-refractivity contribution in [3.8, 4) is 0 Å². The van der Waals surface area contributed by atoms with Crippen LogP contribution in [0.25, 0.3) is 0 Å². The van der Waals surface area contributed by atoms with Crippen LogP contribution in [0, 0.1) is 0 Å². The van der Waals surface area contributed by atoms with Crippen LogP contribution in [0.3, 0.4) is 0 Å². The minimum Gasteiger partial charge on any atom is -0.480 e. The molecular formula is C15H19N3O4. The minimum atomic E-state index is -1.20. The number of carboxylic acid groups (broad SMARTS) is 1. The Labute approximate surface area is 128 Å². The SMILES string of the molecule is CNC(=O)c1ccc(C(=O)NC2(C(=O)O)CCCCC2)cn1. The molecule has 3 N–H and O–H groups in total. The van der Waals surface area contributed by atoms with Gasteiger partial charge in [0.25, 0.3) is 11.8 Å². The topological polar surface area (TPSA) is 108 Å². The van der Waals surface area contributed by atoms with Gasteiger partial charge in [0, 0.05) is 13.2 Å². The molecule has 1 aliphatic rings. The second kappa shape index (κ2) is 6.55. The van der Waals surface area contributed by atoms with Crippen molar-refractivity contribution < 1.29 is 19.5 Å². The number of hydrogen-bond acceptors (Lipinski definition) is 4. The van der Waals surface area contributed by atoms with Gasteiger partial charge in [-0.15, -0.1) is 0 Å². The van der Waals surface area contributed by atoms with Gasteiger partial charge in [0.2, 0.25) is 0 Å². The van der Waals surface area contributed by atoms with E-state index in [2.05, 4.69) is 15.6 Å². The first-order valence-electron chi connectivity index (χ1n) is 7.22. The summed E-state index contributed by atoms with van der Waals surface area (Å²) in [4.78, 5) is 39.1. The molecule has 22 heavy (non-hydrogen) atoms. The van der Waals surface area contributed by atoms with E-state index in [1.807, 2.05) is 0 Å². The van der Waals surface area contributed by atoms with Gasteiger partial charge in [0.1, 0.15) is 11.2 Å². The summed E-state index contributed by atoms with van der Waals surface area (Å²) in [7, 11) is 1.49. The third-order valence-electron chi connectivity index (χ3n) is 3.95. The zero-order valence-electron chi connectivity index (χ0n) is 12.4. The summed E-state index contributed by atoms with van der Waals surface area (Å²) in [6, 6.07) is 2.90. The van der Waals surface area contributed by atoms with Crippen LogP contribution in [-0.2, 0) is 4.79 Å². The van der Waals surface area contributed by atoms with Crippen LogP contribution in [0.15, 0.2) is 18.3 Å². The Morgan fingerprint density at radius 2 is 1.82 bits per heavy atom. The van der Waals surface area contributed by atoms with Crippen LogP contribution in [0.1, 0.15) is 53.0 Å². The van der Waals surface area contributed by atoms with Crippen LogP contribution >= 0.6 is 0 Å². The Hall–Kier alpha value is -2.44. The molecule has 1 aromatic heterocycles. The molecule has 0 saturated heterocycles. The van der Waals surface area contributed by atoms with Crippen molar-refractivity contribution in [3.05, 3.63) is 29.6 Å². The number of nitrogens with zero attached hydrogens (tertiary/aromatic N) is 1. The first-order valence-corrected chi connectivity index (χ1v) is 7.22. The predicted octanol–water partition coefficient (Wildman–Crippen LogP) is 0.958. The Bertz CT molecular complexity index is 577. The molecule has 0 radical (unpaired) electrons. The van der Waals surface area contributed by atoms with Gasteiger partial charge in [0.05, 0.1) is 5.56 Å². The molecule has 0 aliphatic heterocycles. The van der Waals surface area contributed by atoms with Crippen LogP contribution in [-0.4, -0.2) is 40.5 Å². The fraction of sp³-hybridized carbons (Fsp3) is 0.467. The first kappa shape index (κ1) is 15.9. The van der Waals surface area contributed by atoms with Crippen molar-refractivity contribution in [2.75, 3.05) is 7.05 Å². The summed E-state index contributed by atoms with van der Waals surface area (Å²) in [6.45, 7) is 0. The third kappa shape index (κ3) is 3.24. The number of aliphatic carboxylic acids is 1. The Morgan fingerprint density at radius 1 is 1.14 bits per heavy atom. The fourth-order valence-corrected chi connectivity index (χ4v) is 2.63. The van der Waals surface area contributed by atoms with E-state index < -0.39 is 17.4 Å². The number of aromatic nitrogens is 1. The molecule has 0 unspecified atom stereocenters. The number of rotatable bonds is 4. The predicted molar refractivity (Wildman–Crippen MR) is 78.5 cm³/mol. The number of pyridine rings is 1. The largest absolute Gasteiger partial charge is 0.480 e. The average Bonchev–Trinajstić information content (AvgIpc) is 2.55. The molecule has 2 amide bonds. The van der Waals surface area contributed by atoms with Crippen molar-refractivity contribution >= 4 is 17.8 Å².